The third-order valence-corrected chi connectivity index (χ3v) is 7.12. The van der Waals surface area contributed by atoms with E-state index in [1.165, 1.54) is 123 Å². The predicted molar refractivity (Wildman–Crippen MR) is 122 cm³/mol. The highest BCUT2D eigenvalue weighted by Gasteiger charge is 2.42. The van der Waals surface area contributed by atoms with Crippen LogP contribution in [0.3, 0.4) is 0 Å². The molecule has 0 atom stereocenters. The minimum absolute atomic E-state index is 0.343. The number of aliphatic carboxylic acids is 1. The van der Waals surface area contributed by atoms with Crippen LogP contribution in [-0.2, 0) is 4.79 Å². The highest BCUT2D eigenvalue weighted by atomic mass is 16.4. The van der Waals surface area contributed by atoms with E-state index in [4.69, 9.17) is 5.11 Å². The lowest BCUT2D eigenvalue weighted by molar-refractivity contribution is -0.232. The summed E-state index contributed by atoms with van der Waals surface area (Å²) in [5, 5.41) is 8.61. The van der Waals surface area contributed by atoms with E-state index in [1.807, 2.05) is 0 Å². The van der Waals surface area contributed by atoms with Crippen LogP contribution in [0.25, 0.3) is 0 Å². The molecule has 174 valence electrons. The van der Waals surface area contributed by atoms with Crippen molar-refractivity contribution in [2.45, 2.75) is 115 Å². The summed E-state index contributed by atoms with van der Waals surface area (Å²) in [6.07, 6.45) is 22.3. The molecule has 4 heterocycles. The molecule has 4 aliphatic heterocycles. The maximum absolute atomic E-state index is 10.4. The topological polar surface area (TPSA) is 50.3 Å². The Morgan fingerprint density at radius 1 is 0.567 bits per heavy atom. The summed E-state index contributed by atoms with van der Waals surface area (Å²) in [5.74, 6) is -0.652. The summed E-state index contributed by atoms with van der Waals surface area (Å²) in [5.41, 5.74) is 0. The van der Waals surface area contributed by atoms with Gasteiger partial charge in [-0.15, -0.1) is 0 Å². The summed E-state index contributed by atoms with van der Waals surface area (Å²) in [6, 6.07) is 0. The van der Waals surface area contributed by atoms with E-state index in [2.05, 4.69) is 19.6 Å². The van der Waals surface area contributed by atoms with Gasteiger partial charge in [-0.05, 0) is 12.8 Å². The number of carbonyl (C=O) groups is 1. The molecule has 4 bridgehead atoms. The molecule has 0 amide bonds. The van der Waals surface area contributed by atoms with Gasteiger partial charge >= 0.3 is 5.97 Å². The molecule has 0 aromatic rings. The predicted octanol–water partition coefficient (Wildman–Crippen LogP) is 5.07. The maximum Gasteiger partial charge on any atom is 0.303 e. The van der Waals surface area contributed by atoms with E-state index < -0.39 is 5.97 Å². The molecule has 0 radical (unpaired) electrons. The summed E-state index contributed by atoms with van der Waals surface area (Å²) in [6.45, 7) is 5.92. The fourth-order valence-corrected chi connectivity index (χ4v) is 5.54. The van der Waals surface area contributed by atoms with Crippen molar-refractivity contribution in [1.82, 2.24) is 19.6 Å². The summed E-state index contributed by atoms with van der Waals surface area (Å²) in [7, 11) is 0. The van der Waals surface area contributed by atoms with Crippen molar-refractivity contribution in [2.75, 3.05) is 33.3 Å². The van der Waals surface area contributed by atoms with Crippen molar-refractivity contribution < 1.29 is 9.90 Å². The van der Waals surface area contributed by atoms with Gasteiger partial charge in [0.2, 0.25) is 0 Å². The van der Waals surface area contributed by atoms with Crippen LogP contribution in [0.5, 0.6) is 0 Å². The Kier molecular flexibility index (Phi) is 10.9. The van der Waals surface area contributed by atoms with Crippen LogP contribution in [0.1, 0.15) is 109 Å². The van der Waals surface area contributed by atoms with Crippen LogP contribution in [0.15, 0.2) is 0 Å². The fourth-order valence-electron chi connectivity index (χ4n) is 5.54. The molecule has 0 spiro atoms. The minimum atomic E-state index is -0.652. The average molecular weight is 423 g/mol. The van der Waals surface area contributed by atoms with Crippen molar-refractivity contribution in [1.29, 1.82) is 0 Å². The number of hydrogen-bond donors (Lipinski definition) is 1. The largest absolute Gasteiger partial charge is 0.481 e. The monoisotopic (exact) mass is 422 g/mol. The zero-order valence-corrected chi connectivity index (χ0v) is 19.3. The smallest absolute Gasteiger partial charge is 0.303 e. The number of carboxylic acid groups (broad SMARTS) is 1. The van der Waals surface area contributed by atoms with Crippen LogP contribution in [0, 0.1) is 0 Å². The van der Waals surface area contributed by atoms with Gasteiger partial charge in [-0.25, -0.2) is 0 Å². The Hall–Kier alpha value is -0.690. The van der Waals surface area contributed by atoms with Crippen LogP contribution >= 0.6 is 0 Å². The van der Waals surface area contributed by atoms with E-state index in [0.29, 0.717) is 12.6 Å². The zero-order chi connectivity index (χ0) is 21.0. The second-order valence-corrected chi connectivity index (χ2v) is 9.94. The molecule has 4 aliphatic rings. The molecule has 4 rings (SSSR count). The Morgan fingerprint density at radius 2 is 0.933 bits per heavy atom. The first kappa shape index (κ1) is 24.0. The standard InChI is InChI=1S/C24H46N4O2/c29-24(30)17-15-13-11-9-7-5-3-1-2-4-6-8-10-12-14-16-23-27-19-25-18-26(21-27)22-28(23)20-25/h23H,1-22H2,(H,29,30). The lowest BCUT2D eigenvalue weighted by Crippen LogP contribution is -2.75. The average Bonchev–Trinajstić information content (AvgIpc) is 2.71. The van der Waals surface area contributed by atoms with E-state index in [1.54, 1.807) is 0 Å². The van der Waals surface area contributed by atoms with Crippen LogP contribution in [0.4, 0.5) is 0 Å². The molecule has 0 saturated carbocycles. The van der Waals surface area contributed by atoms with Crippen molar-refractivity contribution in [3.05, 3.63) is 0 Å². The van der Waals surface area contributed by atoms with E-state index in [-0.39, 0.29) is 0 Å². The van der Waals surface area contributed by atoms with Gasteiger partial charge in [0, 0.05) is 6.42 Å². The molecule has 1 N–H and O–H groups in total. The van der Waals surface area contributed by atoms with Gasteiger partial charge in [0.05, 0.1) is 39.5 Å². The molecule has 0 unspecified atom stereocenters. The molecule has 6 nitrogen and oxygen atoms in total. The van der Waals surface area contributed by atoms with E-state index in [9.17, 15) is 4.79 Å². The van der Waals surface area contributed by atoms with E-state index in [0.717, 1.165) is 12.8 Å². The van der Waals surface area contributed by atoms with Crippen molar-refractivity contribution in [3.63, 3.8) is 0 Å². The molecule has 4 saturated heterocycles. The lowest BCUT2D eigenvalue weighted by Gasteiger charge is -2.60. The fraction of sp³-hybridized carbons (Fsp3) is 0.958. The normalized spacial score (nSPS) is 29.5. The number of rotatable bonds is 18. The third-order valence-electron chi connectivity index (χ3n) is 7.12. The molecule has 0 aliphatic carbocycles. The van der Waals surface area contributed by atoms with Gasteiger partial charge in [0.1, 0.15) is 0 Å². The van der Waals surface area contributed by atoms with Crippen LogP contribution in [-0.4, -0.2) is 70.2 Å². The molecule has 0 aromatic carbocycles. The molecule has 4 fully saturated rings. The second kappa shape index (κ2) is 13.7. The SMILES string of the molecule is O=C(O)CCCCCCCCCCCCCCCCCC1N2CN3CN(C2)CN1C3. The van der Waals surface area contributed by atoms with Gasteiger partial charge in [0.25, 0.3) is 0 Å². The zero-order valence-electron chi connectivity index (χ0n) is 19.3. The van der Waals surface area contributed by atoms with Gasteiger partial charge < -0.3 is 5.11 Å². The Labute approximate surface area is 184 Å². The maximum atomic E-state index is 10.4. The minimum Gasteiger partial charge on any atom is -0.481 e. The third kappa shape index (κ3) is 8.45. The summed E-state index contributed by atoms with van der Waals surface area (Å²) >= 11 is 0. The molecule has 0 aromatic heterocycles. The van der Waals surface area contributed by atoms with Gasteiger partial charge in [-0.2, -0.15) is 0 Å². The Balaban J connectivity index is 1.03. The highest BCUT2D eigenvalue weighted by molar-refractivity contribution is 5.66. The van der Waals surface area contributed by atoms with Crippen LogP contribution < -0.4 is 0 Å². The number of unbranched alkanes of at least 4 members (excludes halogenated alkanes) is 14. The van der Waals surface area contributed by atoms with Crippen LogP contribution in [0.2, 0.25) is 0 Å². The summed E-state index contributed by atoms with van der Waals surface area (Å²) in [4.78, 5) is 20.9. The summed E-state index contributed by atoms with van der Waals surface area (Å²) < 4.78 is 0. The first-order valence-electron chi connectivity index (χ1n) is 12.9. The van der Waals surface area contributed by atoms with Crippen molar-refractivity contribution >= 4 is 5.97 Å². The highest BCUT2D eigenvalue weighted by Crippen LogP contribution is 2.29. The van der Waals surface area contributed by atoms with Gasteiger partial charge in [-0.1, -0.05) is 89.9 Å². The van der Waals surface area contributed by atoms with Crippen molar-refractivity contribution in [3.8, 4) is 0 Å². The number of nitrogens with zero attached hydrogens (tertiary/aromatic N) is 4. The first-order valence-corrected chi connectivity index (χ1v) is 12.9. The van der Waals surface area contributed by atoms with Gasteiger partial charge in [-0.3, -0.25) is 24.4 Å². The molecule has 6 heteroatoms. The Bertz CT molecular complexity index is 460. The Morgan fingerprint density at radius 3 is 1.33 bits per heavy atom. The van der Waals surface area contributed by atoms with E-state index >= 15 is 0 Å². The van der Waals surface area contributed by atoms with Crippen molar-refractivity contribution in [2.24, 2.45) is 0 Å². The van der Waals surface area contributed by atoms with Gasteiger partial charge in [0.15, 0.2) is 0 Å². The first-order chi connectivity index (χ1) is 14.7. The quantitative estimate of drug-likeness (QED) is 0.311. The molecule has 30 heavy (non-hydrogen) atoms. The number of hydrogen-bond acceptors (Lipinski definition) is 5. The number of carboxylic acids is 1. The second-order valence-electron chi connectivity index (χ2n) is 9.94. The lowest BCUT2D eigenvalue weighted by atomic mass is 10.0. The molecular formula is C24H46N4O2. The molecular weight excluding hydrogens is 376 g/mol.